The van der Waals surface area contributed by atoms with Crippen molar-refractivity contribution in [1.29, 1.82) is 0 Å². The van der Waals surface area contributed by atoms with E-state index in [0.717, 1.165) is 18.9 Å². The van der Waals surface area contributed by atoms with Gasteiger partial charge < -0.3 is 10.5 Å². The van der Waals surface area contributed by atoms with Crippen molar-refractivity contribution in [1.82, 2.24) is 10.2 Å². The van der Waals surface area contributed by atoms with Crippen LogP contribution in [0.1, 0.15) is 50.8 Å². The highest BCUT2D eigenvalue weighted by molar-refractivity contribution is 5.44. The molecular formula is C13H23N3O. The third kappa shape index (κ3) is 2.63. The minimum atomic E-state index is 0.437. The van der Waals surface area contributed by atoms with E-state index in [0.29, 0.717) is 17.8 Å². The minimum absolute atomic E-state index is 0.437. The van der Waals surface area contributed by atoms with E-state index in [1.807, 2.05) is 0 Å². The average Bonchev–Trinajstić information content (AvgIpc) is 2.56. The van der Waals surface area contributed by atoms with Gasteiger partial charge in [-0.2, -0.15) is 5.10 Å². The van der Waals surface area contributed by atoms with Crippen LogP contribution in [0.25, 0.3) is 0 Å². The number of nitrogens with zero attached hydrogens (tertiary/aromatic N) is 1. The number of nitrogens with one attached hydrogen (secondary N) is 1. The number of hydrogen-bond donors (Lipinski definition) is 2. The van der Waals surface area contributed by atoms with E-state index in [1.54, 1.807) is 0 Å². The maximum absolute atomic E-state index is 5.89. The van der Waals surface area contributed by atoms with Crippen molar-refractivity contribution in [2.24, 2.45) is 5.92 Å². The van der Waals surface area contributed by atoms with Gasteiger partial charge in [0.2, 0.25) is 0 Å². The van der Waals surface area contributed by atoms with Crippen LogP contribution in [0.4, 0.5) is 5.82 Å². The molecule has 1 heterocycles. The Morgan fingerprint density at radius 2 is 2.18 bits per heavy atom. The first-order valence-electron chi connectivity index (χ1n) is 6.56. The van der Waals surface area contributed by atoms with E-state index < -0.39 is 0 Å². The Bertz CT molecular complexity index is 367. The van der Waals surface area contributed by atoms with Crippen LogP contribution in [-0.2, 0) is 11.2 Å². The molecule has 17 heavy (non-hydrogen) atoms. The molecule has 0 aliphatic heterocycles. The van der Waals surface area contributed by atoms with E-state index in [9.17, 15) is 0 Å². The van der Waals surface area contributed by atoms with Crippen molar-refractivity contribution >= 4 is 5.82 Å². The number of hydrogen-bond acceptors (Lipinski definition) is 3. The Labute approximate surface area is 103 Å². The van der Waals surface area contributed by atoms with Crippen molar-refractivity contribution in [2.75, 3.05) is 12.3 Å². The molecule has 0 aromatic carbocycles. The van der Waals surface area contributed by atoms with Gasteiger partial charge in [-0.15, -0.1) is 0 Å². The lowest BCUT2D eigenvalue weighted by atomic mass is 9.78. The van der Waals surface area contributed by atoms with Crippen molar-refractivity contribution in [3.05, 3.63) is 11.3 Å². The van der Waals surface area contributed by atoms with E-state index >= 15 is 0 Å². The number of aromatic amines is 1. The van der Waals surface area contributed by atoms with Gasteiger partial charge in [0.05, 0.1) is 6.10 Å². The molecule has 4 heteroatoms. The van der Waals surface area contributed by atoms with E-state index in [4.69, 9.17) is 10.5 Å². The third-order valence-corrected chi connectivity index (χ3v) is 3.58. The first kappa shape index (κ1) is 12.4. The maximum Gasteiger partial charge on any atom is 0.148 e. The quantitative estimate of drug-likeness (QED) is 0.827. The molecule has 0 bridgehead atoms. The lowest BCUT2D eigenvalue weighted by Crippen LogP contribution is -2.32. The van der Waals surface area contributed by atoms with Crippen molar-refractivity contribution in [3.8, 4) is 0 Å². The number of nitrogen functional groups attached to an aromatic ring is 1. The van der Waals surface area contributed by atoms with Gasteiger partial charge in [0.15, 0.2) is 0 Å². The first-order valence-corrected chi connectivity index (χ1v) is 6.56. The van der Waals surface area contributed by atoms with Gasteiger partial charge >= 0.3 is 0 Å². The van der Waals surface area contributed by atoms with Crippen LogP contribution in [0.15, 0.2) is 0 Å². The Kier molecular flexibility index (Phi) is 3.72. The molecule has 0 unspecified atom stereocenters. The second kappa shape index (κ2) is 5.08. The van der Waals surface area contributed by atoms with Crippen LogP contribution in [0.3, 0.4) is 0 Å². The molecule has 0 saturated heterocycles. The van der Waals surface area contributed by atoms with E-state index in [-0.39, 0.29) is 0 Å². The highest BCUT2D eigenvalue weighted by atomic mass is 16.5. The highest BCUT2D eigenvalue weighted by Crippen LogP contribution is 2.35. The van der Waals surface area contributed by atoms with Crippen molar-refractivity contribution in [3.63, 3.8) is 0 Å². The summed E-state index contributed by atoms with van der Waals surface area (Å²) in [6.07, 6.45) is 3.88. The molecule has 1 saturated carbocycles. The summed E-state index contributed by atoms with van der Waals surface area (Å²) >= 11 is 0. The van der Waals surface area contributed by atoms with Gasteiger partial charge in [-0.25, -0.2) is 0 Å². The summed E-state index contributed by atoms with van der Waals surface area (Å²) in [6, 6.07) is 0. The normalized spacial score (nSPS) is 24.0. The molecular weight excluding hydrogens is 214 g/mol. The molecule has 4 nitrogen and oxygen atoms in total. The van der Waals surface area contributed by atoms with Crippen LogP contribution in [0.5, 0.6) is 0 Å². The molecule has 0 amide bonds. The maximum atomic E-state index is 5.89. The minimum Gasteiger partial charge on any atom is -0.382 e. The summed E-state index contributed by atoms with van der Waals surface area (Å²) in [7, 11) is 0. The molecule has 2 rings (SSSR count). The van der Waals surface area contributed by atoms with Gasteiger partial charge in [-0.1, -0.05) is 13.8 Å². The monoisotopic (exact) mass is 237 g/mol. The smallest absolute Gasteiger partial charge is 0.148 e. The molecule has 1 aliphatic rings. The molecule has 3 N–H and O–H groups in total. The number of aromatic nitrogens is 2. The standard InChI is InChI=1S/C13H23N3O/c1-4-17-10-5-9(6-10)7-11-12(8(2)3)13(14)16-15-11/h8-10H,4-7H2,1-3H3,(H3,14,15,16). The van der Waals surface area contributed by atoms with Crippen LogP contribution in [0, 0.1) is 5.92 Å². The first-order chi connectivity index (χ1) is 8.11. The van der Waals surface area contributed by atoms with Crippen LogP contribution in [-0.4, -0.2) is 22.9 Å². The molecule has 0 atom stereocenters. The number of rotatable bonds is 5. The fraction of sp³-hybridized carbons (Fsp3) is 0.769. The molecule has 1 aliphatic carbocycles. The van der Waals surface area contributed by atoms with Crippen LogP contribution >= 0.6 is 0 Å². The summed E-state index contributed by atoms with van der Waals surface area (Å²) in [5.74, 6) is 1.83. The summed E-state index contributed by atoms with van der Waals surface area (Å²) in [4.78, 5) is 0. The predicted molar refractivity (Wildman–Crippen MR) is 68.9 cm³/mol. The second-order valence-corrected chi connectivity index (χ2v) is 5.27. The van der Waals surface area contributed by atoms with E-state index in [1.165, 1.54) is 24.1 Å². The molecule has 1 aromatic rings. The highest BCUT2D eigenvalue weighted by Gasteiger charge is 2.31. The lowest BCUT2D eigenvalue weighted by Gasteiger charge is -2.34. The van der Waals surface area contributed by atoms with Crippen molar-refractivity contribution < 1.29 is 4.74 Å². The van der Waals surface area contributed by atoms with Gasteiger partial charge in [0.1, 0.15) is 5.82 Å². The number of ether oxygens (including phenoxy) is 1. The van der Waals surface area contributed by atoms with Gasteiger partial charge in [0.25, 0.3) is 0 Å². The number of anilines is 1. The zero-order valence-electron chi connectivity index (χ0n) is 11.0. The van der Waals surface area contributed by atoms with Crippen LogP contribution in [0.2, 0.25) is 0 Å². The van der Waals surface area contributed by atoms with Crippen LogP contribution < -0.4 is 5.73 Å². The fourth-order valence-electron chi connectivity index (χ4n) is 2.70. The second-order valence-electron chi connectivity index (χ2n) is 5.27. The topological polar surface area (TPSA) is 63.9 Å². The largest absolute Gasteiger partial charge is 0.382 e. The number of H-pyrrole nitrogens is 1. The van der Waals surface area contributed by atoms with Crippen molar-refractivity contribution in [2.45, 2.75) is 52.1 Å². The number of nitrogens with two attached hydrogens (primary N) is 1. The Hall–Kier alpha value is -1.03. The Morgan fingerprint density at radius 3 is 2.76 bits per heavy atom. The Morgan fingerprint density at radius 1 is 1.47 bits per heavy atom. The molecule has 1 fully saturated rings. The molecule has 0 spiro atoms. The lowest BCUT2D eigenvalue weighted by molar-refractivity contribution is -0.0243. The summed E-state index contributed by atoms with van der Waals surface area (Å²) < 4.78 is 5.58. The fourth-order valence-corrected chi connectivity index (χ4v) is 2.70. The van der Waals surface area contributed by atoms with E-state index in [2.05, 4.69) is 31.0 Å². The molecule has 96 valence electrons. The summed E-state index contributed by atoms with van der Waals surface area (Å²) in [5.41, 5.74) is 8.30. The average molecular weight is 237 g/mol. The molecule has 1 aromatic heterocycles. The Balaban J connectivity index is 1.92. The summed E-state index contributed by atoms with van der Waals surface area (Å²) in [6.45, 7) is 7.20. The van der Waals surface area contributed by atoms with Gasteiger partial charge in [0, 0.05) is 17.9 Å². The predicted octanol–water partition coefficient (Wildman–Crippen LogP) is 2.47. The SMILES string of the molecule is CCOC1CC(Cc2[nH]nc(N)c2C(C)C)C1. The molecule has 0 radical (unpaired) electrons. The van der Waals surface area contributed by atoms with Gasteiger partial charge in [-0.3, -0.25) is 5.10 Å². The zero-order chi connectivity index (χ0) is 12.4. The van der Waals surface area contributed by atoms with Gasteiger partial charge in [-0.05, 0) is 38.0 Å². The summed E-state index contributed by atoms with van der Waals surface area (Å²) in [5, 5.41) is 7.21. The third-order valence-electron chi connectivity index (χ3n) is 3.58. The zero-order valence-corrected chi connectivity index (χ0v) is 11.0.